The van der Waals surface area contributed by atoms with Crippen LogP contribution in [-0.4, -0.2) is 33.1 Å². The number of fused-ring (bicyclic) bond motifs is 1. The molecule has 1 aliphatic heterocycles. The van der Waals surface area contributed by atoms with E-state index in [0.29, 0.717) is 42.6 Å². The second-order valence-corrected chi connectivity index (χ2v) is 7.79. The number of carbonyl (C=O) groups excluding carboxylic acids is 1. The van der Waals surface area contributed by atoms with Crippen molar-refractivity contribution >= 4 is 17.2 Å². The minimum Gasteiger partial charge on any atom is -0.421 e. The van der Waals surface area contributed by atoms with Gasteiger partial charge in [0.2, 0.25) is 17.7 Å². The lowest BCUT2D eigenvalue weighted by Crippen LogP contribution is -2.42. The average Bonchev–Trinajstić information content (AvgIpc) is 3.31. The highest BCUT2D eigenvalue weighted by Gasteiger charge is 2.42. The fourth-order valence-corrected chi connectivity index (χ4v) is 4.97. The first-order valence-electron chi connectivity index (χ1n) is 8.88. The monoisotopic (exact) mass is 345 g/mol. The molecule has 0 unspecified atom stereocenters. The van der Waals surface area contributed by atoms with Gasteiger partial charge in [-0.15, -0.1) is 10.2 Å². The number of hydrogen-bond acceptors (Lipinski definition) is 5. The summed E-state index contributed by atoms with van der Waals surface area (Å²) in [5.74, 6) is 2.05. The summed E-state index contributed by atoms with van der Waals surface area (Å²) in [7, 11) is 0. The Hall–Kier alpha value is -1.69. The van der Waals surface area contributed by atoms with Crippen molar-refractivity contribution in [3.05, 3.63) is 22.7 Å². The molecule has 0 spiro atoms. The van der Waals surface area contributed by atoms with Crippen molar-refractivity contribution < 1.29 is 9.21 Å². The Bertz CT molecular complexity index is 697. The summed E-state index contributed by atoms with van der Waals surface area (Å²) in [6.07, 6.45) is 7.18. The highest BCUT2D eigenvalue weighted by Crippen LogP contribution is 2.39. The molecular weight excluding hydrogens is 322 g/mol. The van der Waals surface area contributed by atoms with Gasteiger partial charge in [-0.2, -0.15) is 11.3 Å². The van der Waals surface area contributed by atoms with Crippen LogP contribution in [0.2, 0.25) is 0 Å². The lowest BCUT2D eigenvalue weighted by atomic mass is 9.85. The van der Waals surface area contributed by atoms with Crippen molar-refractivity contribution in [2.75, 3.05) is 0 Å². The normalized spacial score (nSPS) is 26.5. The molecule has 3 atom stereocenters. The lowest BCUT2D eigenvalue weighted by Gasteiger charge is -2.33. The lowest BCUT2D eigenvalue weighted by molar-refractivity contribution is -0.134. The molecule has 0 N–H and O–H groups in total. The van der Waals surface area contributed by atoms with Crippen LogP contribution in [0.5, 0.6) is 0 Å². The van der Waals surface area contributed by atoms with Gasteiger partial charge in [0.05, 0.1) is 0 Å². The SMILES string of the molecule is C[C@@H]1C[C@@H]2CCCC[C@H]2N1C(=O)CCc1nnc(-c2ccsc2)o1. The highest BCUT2D eigenvalue weighted by atomic mass is 32.1. The number of carbonyl (C=O) groups is 1. The van der Waals surface area contributed by atoms with E-state index in [1.54, 1.807) is 11.3 Å². The Morgan fingerprint density at radius 2 is 2.25 bits per heavy atom. The van der Waals surface area contributed by atoms with E-state index in [-0.39, 0.29) is 5.91 Å². The Morgan fingerprint density at radius 3 is 3.08 bits per heavy atom. The fraction of sp³-hybridized carbons (Fsp3) is 0.611. The molecule has 1 aliphatic carbocycles. The smallest absolute Gasteiger partial charge is 0.248 e. The van der Waals surface area contributed by atoms with Gasteiger partial charge in [-0.3, -0.25) is 4.79 Å². The van der Waals surface area contributed by atoms with Gasteiger partial charge in [-0.25, -0.2) is 0 Å². The Kier molecular flexibility index (Phi) is 4.39. The molecular formula is C18H23N3O2S. The number of hydrogen-bond donors (Lipinski definition) is 0. The summed E-state index contributed by atoms with van der Waals surface area (Å²) in [5, 5.41) is 12.1. The molecule has 2 aromatic rings. The van der Waals surface area contributed by atoms with Crippen molar-refractivity contribution in [3.8, 4) is 11.5 Å². The summed E-state index contributed by atoms with van der Waals surface area (Å²) in [6, 6.07) is 2.79. The maximum atomic E-state index is 12.8. The second kappa shape index (κ2) is 6.67. The zero-order valence-electron chi connectivity index (χ0n) is 14.0. The van der Waals surface area contributed by atoms with Crippen LogP contribution in [-0.2, 0) is 11.2 Å². The van der Waals surface area contributed by atoms with Crippen molar-refractivity contribution in [3.63, 3.8) is 0 Å². The van der Waals surface area contributed by atoms with Gasteiger partial charge in [0.25, 0.3) is 0 Å². The first-order chi connectivity index (χ1) is 11.7. The predicted octanol–water partition coefficient (Wildman–Crippen LogP) is 3.91. The van der Waals surface area contributed by atoms with E-state index in [1.807, 2.05) is 16.8 Å². The summed E-state index contributed by atoms with van der Waals surface area (Å²) in [5.41, 5.74) is 0.947. The molecule has 2 fully saturated rings. The van der Waals surface area contributed by atoms with E-state index in [9.17, 15) is 4.79 Å². The van der Waals surface area contributed by atoms with E-state index >= 15 is 0 Å². The van der Waals surface area contributed by atoms with E-state index in [4.69, 9.17) is 4.42 Å². The maximum absolute atomic E-state index is 12.8. The number of thiophene rings is 1. The molecule has 4 rings (SSSR count). The molecule has 0 radical (unpaired) electrons. The Labute approximate surface area is 146 Å². The third-order valence-electron chi connectivity index (χ3n) is 5.42. The number of nitrogens with zero attached hydrogens (tertiary/aromatic N) is 3. The molecule has 3 heterocycles. The molecule has 24 heavy (non-hydrogen) atoms. The fourth-order valence-electron chi connectivity index (χ4n) is 4.34. The van der Waals surface area contributed by atoms with Gasteiger partial charge in [0.1, 0.15) is 0 Å². The molecule has 2 aliphatic rings. The zero-order chi connectivity index (χ0) is 16.5. The van der Waals surface area contributed by atoms with Gasteiger partial charge in [0, 0.05) is 35.9 Å². The zero-order valence-corrected chi connectivity index (χ0v) is 14.8. The molecule has 6 heteroatoms. The molecule has 0 aromatic carbocycles. The van der Waals surface area contributed by atoms with Crippen molar-refractivity contribution in [2.24, 2.45) is 5.92 Å². The van der Waals surface area contributed by atoms with E-state index < -0.39 is 0 Å². The topological polar surface area (TPSA) is 59.2 Å². The molecule has 1 amide bonds. The van der Waals surface area contributed by atoms with Gasteiger partial charge in [-0.05, 0) is 43.6 Å². The van der Waals surface area contributed by atoms with Crippen molar-refractivity contribution in [2.45, 2.75) is 64.0 Å². The quantitative estimate of drug-likeness (QED) is 0.843. The minimum absolute atomic E-state index is 0.243. The molecule has 1 saturated carbocycles. The van der Waals surface area contributed by atoms with E-state index in [2.05, 4.69) is 22.0 Å². The molecule has 1 saturated heterocycles. The largest absolute Gasteiger partial charge is 0.421 e. The summed E-state index contributed by atoms with van der Waals surface area (Å²) >= 11 is 1.60. The van der Waals surface area contributed by atoms with Crippen molar-refractivity contribution in [1.82, 2.24) is 15.1 Å². The van der Waals surface area contributed by atoms with Crippen LogP contribution in [0.3, 0.4) is 0 Å². The standard InChI is InChI=1S/C18H23N3O2S/c1-12-10-13-4-2-3-5-15(13)21(12)17(22)7-6-16-19-20-18(23-16)14-8-9-24-11-14/h8-9,11-13,15H,2-7,10H2,1H3/t12-,13+,15-/m1/s1. The van der Waals surface area contributed by atoms with Crippen molar-refractivity contribution in [1.29, 1.82) is 0 Å². The highest BCUT2D eigenvalue weighted by molar-refractivity contribution is 7.08. The summed E-state index contributed by atoms with van der Waals surface area (Å²) < 4.78 is 5.69. The molecule has 5 nitrogen and oxygen atoms in total. The predicted molar refractivity (Wildman–Crippen MR) is 92.6 cm³/mol. The molecule has 128 valence electrons. The third-order valence-corrected chi connectivity index (χ3v) is 6.10. The molecule has 2 aromatic heterocycles. The second-order valence-electron chi connectivity index (χ2n) is 7.01. The maximum Gasteiger partial charge on any atom is 0.248 e. The van der Waals surface area contributed by atoms with E-state index in [1.165, 1.54) is 32.1 Å². The van der Waals surface area contributed by atoms with Gasteiger partial charge >= 0.3 is 0 Å². The van der Waals surface area contributed by atoms with Crippen LogP contribution >= 0.6 is 11.3 Å². The number of rotatable bonds is 4. The first-order valence-corrected chi connectivity index (χ1v) is 9.83. The van der Waals surface area contributed by atoms with E-state index in [0.717, 1.165) is 5.56 Å². The Morgan fingerprint density at radius 1 is 1.38 bits per heavy atom. The van der Waals surface area contributed by atoms with Gasteiger partial charge in [0.15, 0.2) is 0 Å². The number of aromatic nitrogens is 2. The average molecular weight is 345 g/mol. The Balaban J connectivity index is 1.38. The van der Waals surface area contributed by atoms with Crippen LogP contribution in [0.25, 0.3) is 11.5 Å². The third kappa shape index (κ3) is 2.99. The van der Waals surface area contributed by atoms with Crippen LogP contribution in [0.4, 0.5) is 0 Å². The molecule has 0 bridgehead atoms. The van der Waals surface area contributed by atoms with Gasteiger partial charge in [-0.1, -0.05) is 12.8 Å². The number of likely N-dealkylation sites (tertiary alicyclic amines) is 1. The summed E-state index contributed by atoms with van der Waals surface area (Å²) in [4.78, 5) is 14.9. The van der Waals surface area contributed by atoms with Crippen LogP contribution in [0.1, 0.15) is 51.3 Å². The number of aryl methyl sites for hydroxylation is 1. The van der Waals surface area contributed by atoms with Crippen LogP contribution in [0.15, 0.2) is 21.2 Å². The number of amides is 1. The first kappa shape index (κ1) is 15.8. The summed E-state index contributed by atoms with van der Waals surface area (Å²) in [6.45, 7) is 2.19. The minimum atomic E-state index is 0.243. The van der Waals surface area contributed by atoms with Gasteiger partial charge < -0.3 is 9.32 Å². The van der Waals surface area contributed by atoms with Crippen LogP contribution in [0, 0.1) is 5.92 Å². The van der Waals surface area contributed by atoms with Crippen LogP contribution < -0.4 is 0 Å².